The summed E-state index contributed by atoms with van der Waals surface area (Å²) in [5.74, 6) is -0.364. The van der Waals surface area contributed by atoms with Crippen LogP contribution in [0.15, 0.2) is 0 Å². The number of nitriles is 1. The molecular formula is C10H16N2O2. The summed E-state index contributed by atoms with van der Waals surface area (Å²) in [6, 6.07) is 2.35. The summed E-state index contributed by atoms with van der Waals surface area (Å²) >= 11 is 0. The van der Waals surface area contributed by atoms with Gasteiger partial charge in [0.2, 0.25) is 0 Å². The van der Waals surface area contributed by atoms with Crippen molar-refractivity contribution in [1.82, 2.24) is 5.32 Å². The van der Waals surface area contributed by atoms with E-state index < -0.39 is 0 Å². The van der Waals surface area contributed by atoms with Gasteiger partial charge in [-0.25, -0.2) is 0 Å². The molecule has 14 heavy (non-hydrogen) atoms. The van der Waals surface area contributed by atoms with E-state index in [4.69, 9.17) is 14.7 Å². The average molecular weight is 196 g/mol. The molecule has 2 rings (SSSR count). The van der Waals surface area contributed by atoms with E-state index in [1.165, 1.54) is 0 Å². The first kappa shape index (κ1) is 9.91. The zero-order valence-corrected chi connectivity index (χ0v) is 8.51. The highest BCUT2D eigenvalue weighted by Crippen LogP contribution is 2.39. The molecule has 0 aromatic heterocycles. The van der Waals surface area contributed by atoms with E-state index in [1.807, 2.05) is 7.05 Å². The Bertz CT molecular complexity index is 243. The van der Waals surface area contributed by atoms with Crippen molar-refractivity contribution in [2.75, 3.05) is 20.3 Å². The summed E-state index contributed by atoms with van der Waals surface area (Å²) in [5.41, 5.74) is -0.361. The third-order valence-corrected chi connectivity index (χ3v) is 3.37. The Hall–Kier alpha value is -0.630. The summed E-state index contributed by atoms with van der Waals surface area (Å²) in [7, 11) is 1.84. The Labute approximate surface area is 84.2 Å². The summed E-state index contributed by atoms with van der Waals surface area (Å²) in [6.07, 6.45) is 3.25. The van der Waals surface area contributed by atoms with E-state index in [0.29, 0.717) is 13.2 Å². The minimum atomic E-state index is -0.364. The largest absolute Gasteiger partial charge is 0.348 e. The van der Waals surface area contributed by atoms with Crippen molar-refractivity contribution in [3.8, 4) is 6.07 Å². The van der Waals surface area contributed by atoms with E-state index in [9.17, 15) is 0 Å². The molecular weight excluding hydrogens is 180 g/mol. The van der Waals surface area contributed by atoms with Crippen molar-refractivity contribution in [2.45, 2.75) is 37.0 Å². The fourth-order valence-corrected chi connectivity index (χ4v) is 2.26. The Balaban J connectivity index is 2.01. The quantitative estimate of drug-likeness (QED) is 0.673. The van der Waals surface area contributed by atoms with Crippen LogP contribution in [-0.2, 0) is 9.47 Å². The lowest BCUT2D eigenvalue weighted by Gasteiger charge is -2.39. The molecule has 1 spiro atoms. The van der Waals surface area contributed by atoms with Crippen LogP contribution in [0.2, 0.25) is 0 Å². The lowest BCUT2D eigenvalue weighted by atomic mass is 9.80. The SMILES string of the molecule is CNC1(C#N)CCC2(CC1)OCCO2. The van der Waals surface area contributed by atoms with E-state index in [2.05, 4.69) is 11.4 Å². The summed E-state index contributed by atoms with van der Waals surface area (Å²) in [4.78, 5) is 0. The molecule has 0 atom stereocenters. The Morgan fingerprint density at radius 1 is 1.14 bits per heavy atom. The molecule has 1 aliphatic carbocycles. The number of ether oxygens (including phenoxy) is 2. The molecule has 2 aliphatic rings. The summed E-state index contributed by atoms with van der Waals surface area (Å²) in [6.45, 7) is 1.39. The fraction of sp³-hybridized carbons (Fsp3) is 0.900. The van der Waals surface area contributed by atoms with Crippen molar-refractivity contribution >= 4 is 0 Å². The topological polar surface area (TPSA) is 54.3 Å². The van der Waals surface area contributed by atoms with Crippen LogP contribution in [0.25, 0.3) is 0 Å². The van der Waals surface area contributed by atoms with Crippen LogP contribution in [0.3, 0.4) is 0 Å². The fourth-order valence-electron chi connectivity index (χ4n) is 2.26. The molecule has 78 valence electrons. The lowest BCUT2D eigenvalue weighted by Crippen LogP contribution is -2.49. The van der Waals surface area contributed by atoms with E-state index in [-0.39, 0.29) is 11.3 Å². The molecule has 0 amide bonds. The number of nitrogens with zero attached hydrogens (tertiary/aromatic N) is 1. The summed E-state index contributed by atoms with van der Waals surface area (Å²) in [5, 5.41) is 12.2. The molecule has 1 saturated carbocycles. The van der Waals surface area contributed by atoms with Crippen LogP contribution in [0.5, 0.6) is 0 Å². The lowest BCUT2D eigenvalue weighted by molar-refractivity contribution is -0.182. The molecule has 4 heteroatoms. The van der Waals surface area contributed by atoms with Crippen LogP contribution < -0.4 is 5.32 Å². The maximum atomic E-state index is 9.08. The predicted octanol–water partition coefficient (Wildman–Crippen LogP) is 0.785. The maximum absolute atomic E-state index is 9.08. The normalized spacial score (nSPS) is 28.9. The maximum Gasteiger partial charge on any atom is 0.168 e. The van der Waals surface area contributed by atoms with Crippen molar-refractivity contribution in [2.24, 2.45) is 0 Å². The van der Waals surface area contributed by atoms with Crippen molar-refractivity contribution in [3.05, 3.63) is 0 Å². The zero-order valence-electron chi connectivity index (χ0n) is 8.51. The molecule has 0 unspecified atom stereocenters. The first-order chi connectivity index (χ1) is 6.74. The van der Waals surface area contributed by atoms with Crippen LogP contribution >= 0.6 is 0 Å². The second kappa shape index (κ2) is 3.50. The first-order valence-corrected chi connectivity index (χ1v) is 5.12. The Morgan fingerprint density at radius 3 is 2.14 bits per heavy atom. The van der Waals surface area contributed by atoms with Crippen LogP contribution in [0.1, 0.15) is 25.7 Å². The van der Waals surface area contributed by atoms with Crippen LogP contribution in [-0.4, -0.2) is 31.6 Å². The molecule has 4 nitrogen and oxygen atoms in total. The monoisotopic (exact) mass is 196 g/mol. The Morgan fingerprint density at radius 2 is 1.71 bits per heavy atom. The number of hydrogen-bond donors (Lipinski definition) is 1. The zero-order chi connectivity index (χ0) is 10.1. The second-order valence-electron chi connectivity index (χ2n) is 4.05. The van der Waals surface area contributed by atoms with Gasteiger partial charge in [-0.05, 0) is 19.9 Å². The number of nitrogens with one attached hydrogen (secondary N) is 1. The van der Waals surface area contributed by atoms with Gasteiger partial charge in [0.05, 0.1) is 19.3 Å². The Kier molecular flexibility index (Phi) is 2.48. The molecule has 2 fully saturated rings. The van der Waals surface area contributed by atoms with E-state index >= 15 is 0 Å². The van der Waals surface area contributed by atoms with Gasteiger partial charge < -0.3 is 14.8 Å². The smallest absolute Gasteiger partial charge is 0.168 e. The average Bonchev–Trinajstić information content (AvgIpc) is 2.69. The van der Waals surface area contributed by atoms with Crippen molar-refractivity contribution in [1.29, 1.82) is 5.26 Å². The molecule has 0 bridgehead atoms. The predicted molar refractivity (Wildman–Crippen MR) is 50.5 cm³/mol. The van der Waals surface area contributed by atoms with Gasteiger partial charge in [-0.3, -0.25) is 0 Å². The highest BCUT2D eigenvalue weighted by atomic mass is 16.7. The van der Waals surface area contributed by atoms with E-state index in [0.717, 1.165) is 25.7 Å². The van der Waals surface area contributed by atoms with Gasteiger partial charge >= 0.3 is 0 Å². The van der Waals surface area contributed by atoms with Crippen LogP contribution in [0.4, 0.5) is 0 Å². The second-order valence-corrected chi connectivity index (χ2v) is 4.05. The highest BCUT2D eigenvalue weighted by Gasteiger charge is 2.45. The molecule has 0 aromatic carbocycles. The molecule has 1 N–H and O–H groups in total. The molecule has 0 aromatic rings. The minimum absolute atomic E-state index is 0.361. The first-order valence-electron chi connectivity index (χ1n) is 5.12. The van der Waals surface area contributed by atoms with Gasteiger partial charge in [-0.2, -0.15) is 5.26 Å². The van der Waals surface area contributed by atoms with Gasteiger partial charge in [-0.1, -0.05) is 0 Å². The summed E-state index contributed by atoms with van der Waals surface area (Å²) < 4.78 is 11.2. The van der Waals surface area contributed by atoms with Gasteiger partial charge in [0.25, 0.3) is 0 Å². The standard InChI is InChI=1S/C10H16N2O2/c1-12-9(8-11)2-4-10(5-3-9)13-6-7-14-10/h12H,2-7H2,1H3. The third-order valence-electron chi connectivity index (χ3n) is 3.37. The van der Waals surface area contributed by atoms with Gasteiger partial charge in [0, 0.05) is 12.8 Å². The highest BCUT2D eigenvalue weighted by molar-refractivity contribution is 5.10. The molecule has 1 heterocycles. The van der Waals surface area contributed by atoms with Gasteiger partial charge in [-0.15, -0.1) is 0 Å². The number of hydrogen-bond acceptors (Lipinski definition) is 4. The van der Waals surface area contributed by atoms with Gasteiger partial charge in [0.1, 0.15) is 5.54 Å². The number of rotatable bonds is 1. The van der Waals surface area contributed by atoms with Gasteiger partial charge in [0.15, 0.2) is 5.79 Å². The minimum Gasteiger partial charge on any atom is -0.348 e. The molecule has 0 radical (unpaired) electrons. The van der Waals surface area contributed by atoms with Crippen LogP contribution in [0, 0.1) is 11.3 Å². The van der Waals surface area contributed by atoms with E-state index in [1.54, 1.807) is 0 Å². The molecule has 1 saturated heterocycles. The third kappa shape index (κ3) is 1.52. The van der Waals surface area contributed by atoms with Crippen molar-refractivity contribution in [3.63, 3.8) is 0 Å². The molecule has 1 aliphatic heterocycles. The van der Waals surface area contributed by atoms with Crippen molar-refractivity contribution < 1.29 is 9.47 Å².